The maximum absolute atomic E-state index is 14.0. The topological polar surface area (TPSA) is 20.3 Å². The van der Waals surface area contributed by atoms with E-state index in [4.69, 9.17) is 0 Å². The monoisotopic (exact) mass is 359 g/mol. The number of carbonyl (C=O) groups excluding carboxylic acids is 1. The van der Waals surface area contributed by atoms with Crippen LogP contribution in [0.4, 0.5) is 22.0 Å². The van der Waals surface area contributed by atoms with Crippen LogP contribution in [0.3, 0.4) is 0 Å². The van der Waals surface area contributed by atoms with Gasteiger partial charge in [0.1, 0.15) is 17.0 Å². The average molecular weight is 359 g/mol. The third kappa shape index (κ3) is 3.10. The van der Waals surface area contributed by atoms with Crippen molar-refractivity contribution in [2.75, 3.05) is 5.75 Å². The summed E-state index contributed by atoms with van der Waals surface area (Å²) in [6, 6.07) is 4.63. The molecule has 2 aromatic carbocycles. The summed E-state index contributed by atoms with van der Waals surface area (Å²) in [6.07, 6.45) is 0. The molecule has 2 aromatic rings. The Hall–Kier alpha value is -2.09. The van der Waals surface area contributed by atoms with E-state index in [-0.39, 0.29) is 29.3 Å². The molecule has 1 heterocycles. The minimum atomic E-state index is -1.62. The van der Waals surface area contributed by atoms with Crippen molar-refractivity contribution in [3.05, 3.63) is 70.5 Å². The van der Waals surface area contributed by atoms with Crippen LogP contribution in [-0.4, -0.2) is 16.6 Å². The van der Waals surface area contributed by atoms with E-state index in [0.717, 1.165) is 36.0 Å². The van der Waals surface area contributed by atoms with Gasteiger partial charge in [0.05, 0.1) is 5.75 Å². The summed E-state index contributed by atoms with van der Waals surface area (Å²) in [4.78, 5) is 13.2. The Morgan fingerprint density at radius 2 is 1.67 bits per heavy atom. The van der Waals surface area contributed by atoms with Crippen molar-refractivity contribution >= 4 is 17.7 Å². The van der Waals surface area contributed by atoms with Crippen LogP contribution >= 0.6 is 11.8 Å². The Balaban J connectivity index is 1.94. The third-order valence-corrected chi connectivity index (χ3v) is 4.81. The van der Waals surface area contributed by atoms with E-state index in [1.165, 1.54) is 4.90 Å². The Morgan fingerprint density at radius 1 is 1.00 bits per heavy atom. The molecule has 0 radical (unpaired) electrons. The fourth-order valence-electron chi connectivity index (χ4n) is 2.51. The number of hydrogen-bond acceptors (Lipinski definition) is 2. The maximum atomic E-state index is 14.0. The first-order valence-corrected chi connectivity index (χ1v) is 7.91. The first-order chi connectivity index (χ1) is 11.4. The van der Waals surface area contributed by atoms with Crippen molar-refractivity contribution in [3.8, 4) is 0 Å². The van der Waals surface area contributed by atoms with Crippen LogP contribution < -0.4 is 0 Å². The molecule has 0 saturated carbocycles. The molecule has 1 amide bonds. The summed E-state index contributed by atoms with van der Waals surface area (Å²) in [5.74, 6) is -6.33. The quantitative estimate of drug-likeness (QED) is 0.606. The lowest BCUT2D eigenvalue weighted by atomic mass is 10.1. The first-order valence-electron chi connectivity index (χ1n) is 6.86. The van der Waals surface area contributed by atoms with Crippen molar-refractivity contribution in [3.63, 3.8) is 0 Å². The molecule has 0 aliphatic carbocycles. The molecule has 1 aliphatic heterocycles. The van der Waals surface area contributed by atoms with Crippen LogP contribution in [0, 0.1) is 29.1 Å². The number of carbonyl (C=O) groups is 1. The largest absolute Gasteiger partial charge is 0.321 e. The summed E-state index contributed by atoms with van der Waals surface area (Å²) >= 11 is 1.03. The molecule has 24 heavy (non-hydrogen) atoms. The van der Waals surface area contributed by atoms with Gasteiger partial charge in [0.15, 0.2) is 17.5 Å². The van der Waals surface area contributed by atoms with E-state index in [0.29, 0.717) is 6.07 Å². The Bertz CT molecular complexity index is 793. The van der Waals surface area contributed by atoms with Gasteiger partial charge in [-0.1, -0.05) is 6.07 Å². The number of thioether (sulfide) groups is 1. The van der Waals surface area contributed by atoms with E-state index >= 15 is 0 Å². The zero-order valence-corrected chi connectivity index (χ0v) is 12.8. The lowest BCUT2D eigenvalue weighted by Gasteiger charge is -2.25. The van der Waals surface area contributed by atoms with E-state index in [2.05, 4.69) is 0 Å². The van der Waals surface area contributed by atoms with Gasteiger partial charge < -0.3 is 4.90 Å². The van der Waals surface area contributed by atoms with E-state index in [1.54, 1.807) is 0 Å². The highest BCUT2D eigenvalue weighted by atomic mass is 32.2. The fraction of sp³-hybridized carbons (Fsp3) is 0.188. The number of halogens is 5. The molecule has 0 N–H and O–H groups in total. The van der Waals surface area contributed by atoms with Crippen molar-refractivity contribution in [2.45, 2.75) is 11.9 Å². The molecule has 3 rings (SSSR count). The van der Waals surface area contributed by atoms with Crippen molar-refractivity contribution < 1.29 is 26.7 Å². The van der Waals surface area contributed by atoms with E-state index in [1.807, 2.05) is 0 Å². The molecule has 1 saturated heterocycles. The summed E-state index contributed by atoms with van der Waals surface area (Å²) in [7, 11) is 0. The molecular formula is C16H10F5NOS. The Morgan fingerprint density at radius 3 is 2.33 bits per heavy atom. The summed E-state index contributed by atoms with van der Waals surface area (Å²) in [5, 5.41) is -0.904. The fourth-order valence-corrected chi connectivity index (χ4v) is 3.71. The molecule has 0 spiro atoms. The van der Waals surface area contributed by atoms with Gasteiger partial charge in [-0.05, 0) is 23.8 Å². The third-order valence-electron chi connectivity index (χ3n) is 3.57. The van der Waals surface area contributed by atoms with Crippen molar-refractivity contribution in [1.29, 1.82) is 0 Å². The number of nitrogens with zero attached hydrogens (tertiary/aromatic N) is 1. The second-order valence-electron chi connectivity index (χ2n) is 5.23. The predicted octanol–water partition coefficient (Wildman–Crippen LogP) is 4.16. The second-order valence-corrected chi connectivity index (χ2v) is 6.30. The minimum absolute atomic E-state index is 0.000893. The summed E-state index contributed by atoms with van der Waals surface area (Å²) in [5.41, 5.74) is -0.0158. The Kier molecular flexibility index (Phi) is 4.49. The van der Waals surface area contributed by atoms with Gasteiger partial charge in [-0.2, -0.15) is 0 Å². The molecule has 1 atom stereocenters. The Labute approximate surface area is 138 Å². The lowest BCUT2D eigenvalue weighted by molar-refractivity contribution is -0.128. The SMILES string of the molecule is O=C1CSC(c2ccc(F)c(F)c2F)N1Cc1cc(F)cc(F)c1. The normalized spacial score (nSPS) is 17.6. The van der Waals surface area contributed by atoms with Crippen LogP contribution in [0.1, 0.15) is 16.5 Å². The summed E-state index contributed by atoms with van der Waals surface area (Å²) in [6.45, 7) is -0.177. The van der Waals surface area contributed by atoms with Crippen LogP contribution in [0.25, 0.3) is 0 Å². The van der Waals surface area contributed by atoms with E-state index in [9.17, 15) is 26.7 Å². The minimum Gasteiger partial charge on any atom is -0.321 e. The number of benzene rings is 2. The van der Waals surface area contributed by atoms with Gasteiger partial charge >= 0.3 is 0 Å². The van der Waals surface area contributed by atoms with Crippen molar-refractivity contribution in [1.82, 2.24) is 4.90 Å². The highest BCUT2D eigenvalue weighted by Gasteiger charge is 2.35. The van der Waals surface area contributed by atoms with Gasteiger partial charge in [0.2, 0.25) is 5.91 Å². The molecule has 2 nitrogen and oxygen atoms in total. The maximum Gasteiger partial charge on any atom is 0.234 e. The van der Waals surface area contributed by atoms with Gasteiger partial charge in [-0.25, -0.2) is 22.0 Å². The predicted molar refractivity (Wildman–Crippen MR) is 78.4 cm³/mol. The molecule has 8 heteroatoms. The molecule has 0 aromatic heterocycles. The average Bonchev–Trinajstić information content (AvgIpc) is 2.85. The van der Waals surface area contributed by atoms with Crippen LogP contribution in [0.2, 0.25) is 0 Å². The molecule has 1 fully saturated rings. The molecule has 1 aliphatic rings. The number of amides is 1. The standard InChI is InChI=1S/C16H10F5NOS/c17-9-3-8(4-10(18)5-9)6-22-13(23)7-24-16(22)11-1-2-12(19)15(21)14(11)20/h1-5,16H,6-7H2. The molecule has 0 bridgehead atoms. The van der Waals surface area contributed by atoms with Crippen LogP contribution in [0.5, 0.6) is 0 Å². The lowest BCUT2D eigenvalue weighted by Crippen LogP contribution is -2.28. The molecular weight excluding hydrogens is 349 g/mol. The highest BCUT2D eigenvalue weighted by molar-refractivity contribution is 8.00. The van der Waals surface area contributed by atoms with Crippen LogP contribution in [-0.2, 0) is 11.3 Å². The molecule has 126 valence electrons. The van der Waals surface area contributed by atoms with Crippen LogP contribution in [0.15, 0.2) is 30.3 Å². The first kappa shape index (κ1) is 16.8. The smallest absolute Gasteiger partial charge is 0.234 e. The zero-order chi connectivity index (χ0) is 17.4. The van der Waals surface area contributed by atoms with Gasteiger partial charge in [-0.15, -0.1) is 11.8 Å². The van der Waals surface area contributed by atoms with Gasteiger partial charge in [-0.3, -0.25) is 4.79 Å². The van der Waals surface area contributed by atoms with E-state index < -0.39 is 34.5 Å². The highest BCUT2D eigenvalue weighted by Crippen LogP contribution is 2.41. The zero-order valence-electron chi connectivity index (χ0n) is 12.0. The summed E-state index contributed by atoms with van der Waals surface area (Å²) < 4.78 is 67.1. The number of hydrogen-bond donors (Lipinski definition) is 0. The van der Waals surface area contributed by atoms with Gasteiger partial charge in [0, 0.05) is 18.2 Å². The van der Waals surface area contributed by atoms with Gasteiger partial charge in [0.25, 0.3) is 0 Å². The molecule has 1 unspecified atom stereocenters. The number of rotatable bonds is 3. The second kappa shape index (κ2) is 6.43. The van der Waals surface area contributed by atoms with Crippen molar-refractivity contribution in [2.24, 2.45) is 0 Å².